The Labute approximate surface area is 82.2 Å². The highest BCUT2D eigenvalue weighted by Gasteiger charge is 2.23. The van der Waals surface area contributed by atoms with E-state index in [0.717, 1.165) is 25.9 Å². The molecule has 5 heteroatoms. The molecule has 0 atom stereocenters. The number of nitrogens with one attached hydrogen (secondary N) is 1. The summed E-state index contributed by atoms with van der Waals surface area (Å²) < 4.78 is 0. The second-order valence-electron chi connectivity index (χ2n) is 3.60. The summed E-state index contributed by atoms with van der Waals surface area (Å²) in [5.74, 6) is -0.133. The lowest BCUT2D eigenvalue weighted by Gasteiger charge is -2.30. The van der Waals surface area contributed by atoms with E-state index in [1.165, 1.54) is 6.42 Å². The first-order valence-electron chi connectivity index (χ1n) is 4.92. The first-order chi connectivity index (χ1) is 6.75. The molecular weight excluding hydrogens is 182 g/mol. The van der Waals surface area contributed by atoms with Crippen molar-refractivity contribution in [1.29, 1.82) is 0 Å². The van der Waals surface area contributed by atoms with Crippen molar-refractivity contribution in [3.8, 4) is 0 Å². The maximum Gasteiger partial charge on any atom is 0.258 e. The zero-order valence-electron chi connectivity index (χ0n) is 7.95. The largest absolute Gasteiger partial charge is 0.342 e. The quantitative estimate of drug-likeness (QED) is 0.548. The minimum absolute atomic E-state index is 0.114. The van der Waals surface area contributed by atoms with Gasteiger partial charge in [0.05, 0.1) is 0 Å². The van der Waals surface area contributed by atoms with E-state index in [2.05, 4.69) is 10.3 Å². The van der Waals surface area contributed by atoms with Gasteiger partial charge in [-0.25, -0.2) is 0 Å². The van der Waals surface area contributed by atoms with Crippen LogP contribution in [0.1, 0.15) is 25.7 Å². The van der Waals surface area contributed by atoms with Gasteiger partial charge in [-0.1, -0.05) is 0 Å². The Morgan fingerprint density at radius 2 is 1.86 bits per heavy atom. The molecule has 2 heterocycles. The molecule has 14 heavy (non-hydrogen) atoms. The summed E-state index contributed by atoms with van der Waals surface area (Å²) in [5.41, 5.74) is 0. The molecule has 76 valence electrons. The molecule has 5 nitrogen and oxygen atoms in total. The van der Waals surface area contributed by atoms with E-state index in [9.17, 15) is 9.59 Å². The molecule has 0 aliphatic carbocycles. The van der Waals surface area contributed by atoms with Gasteiger partial charge in [-0.05, 0) is 19.3 Å². The molecule has 0 radical (unpaired) electrons. The zero-order chi connectivity index (χ0) is 9.97. The Morgan fingerprint density at radius 3 is 2.50 bits per heavy atom. The fourth-order valence-corrected chi connectivity index (χ4v) is 1.75. The SMILES string of the molecule is O=C1CC(=O)NC(N2CCCCC2)=N1. The van der Waals surface area contributed by atoms with Crippen molar-refractivity contribution in [2.75, 3.05) is 13.1 Å². The number of guanidine groups is 1. The average Bonchev–Trinajstić information content (AvgIpc) is 2.18. The third-order valence-electron chi connectivity index (χ3n) is 2.45. The summed E-state index contributed by atoms with van der Waals surface area (Å²) in [5, 5.41) is 2.63. The van der Waals surface area contributed by atoms with Gasteiger partial charge in [0.2, 0.25) is 11.9 Å². The van der Waals surface area contributed by atoms with Crippen LogP contribution in [-0.4, -0.2) is 35.8 Å². The van der Waals surface area contributed by atoms with Crippen LogP contribution in [0.5, 0.6) is 0 Å². The molecule has 0 unspecified atom stereocenters. The monoisotopic (exact) mass is 195 g/mol. The van der Waals surface area contributed by atoms with E-state index in [1.807, 2.05) is 4.90 Å². The van der Waals surface area contributed by atoms with E-state index in [1.54, 1.807) is 0 Å². The standard InChI is InChI=1S/C9H13N3O2/c13-7-6-8(14)11-9(10-7)12-4-2-1-3-5-12/h1-6H2,(H,10,11,13,14). The number of likely N-dealkylation sites (tertiary alicyclic amines) is 1. The van der Waals surface area contributed by atoms with Gasteiger partial charge in [0.1, 0.15) is 6.42 Å². The molecule has 2 amide bonds. The predicted octanol–water partition coefficient (Wildman–Crippen LogP) is -0.125. The summed E-state index contributed by atoms with van der Waals surface area (Å²) in [6.07, 6.45) is 3.30. The van der Waals surface area contributed by atoms with E-state index in [-0.39, 0.29) is 18.2 Å². The lowest BCUT2D eigenvalue weighted by molar-refractivity contribution is -0.127. The maximum atomic E-state index is 11.1. The molecule has 0 aromatic carbocycles. The second kappa shape index (κ2) is 3.77. The summed E-state index contributed by atoms with van der Waals surface area (Å²) >= 11 is 0. The van der Waals surface area contributed by atoms with Gasteiger partial charge in [0.25, 0.3) is 5.91 Å². The van der Waals surface area contributed by atoms with Crippen molar-refractivity contribution in [2.24, 2.45) is 4.99 Å². The molecular formula is C9H13N3O2. The van der Waals surface area contributed by atoms with E-state index >= 15 is 0 Å². The topological polar surface area (TPSA) is 61.8 Å². The van der Waals surface area contributed by atoms with Crippen LogP contribution in [0.25, 0.3) is 0 Å². The van der Waals surface area contributed by atoms with Gasteiger partial charge < -0.3 is 4.90 Å². The molecule has 1 N–H and O–H groups in total. The Balaban J connectivity index is 2.08. The molecule has 0 saturated carbocycles. The second-order valence-corrected chi connectivity index (χ2v) is 3.60. The highest BCUT2D eigenvalue weighted by molar-refractivity contribution is 6.13. The lowest BCUT2D eigenvalue weighted by Crippen LogP contribution is -2.49. The minimum Gasteiger partial charge on any atom is -0.342 e. The first kappa shape index (κ1) is 9.18. The lowest BCUT2D eigenvalue weighted by atomic mass is 10.1. The number of hydrogen-bond acceptors (Lipinski definition) is 3. The van der Waals surface area contributed by atoms with Crippen LogP contribution in [0.3, 0.4) is 0 Å². The summed E-state index contributed by atoms with van der Waals surface area (Å²) in [6.45, 7) is 1.76. The Kier molecular flexibility index (Phi) is 2.47. The van der Waals surface area contributed by atoms with Crippen LogP contribution in [0, 0.1) is 0 Å². The molecule has 1 fully saturated rings. The van der Waals surface area contributed by atoms with Crippen LogP contribution in [0.2, 0.25) is 0 Å². The van der Waals surface area contributed by atoms with Gasteiger partial charge in [-0.3, -0.25) is 14.9 Å². The number of carbonyl (C=O) groups is 2. The Morgan fingerprint density at radius 1 is 1.14 bits per heavy atom. The number of nitrogens with zero attached hydrogens (tertiary/aromatic N) is 2. The van der Waals surface area contributed by atoms with Crippen LogP contribution in [0.4, 0.5) is 0 Å². The van der Waals surface area contributed by atoms with Crippen LogP contribution in [0.15, 0.2) is 4.99 Å². The van der Waals surface area contributed by atoms with Crippen molar-refractivity contribution in [1.82, 2.24) is 10.2 Å². The van der Waals surface area contributed by atoms with E-state index < -0.39 is 0 Å². The average molecular weight is 195 g/mol. The van der Waals surface area contributed by atoms with Gasteiger partial charge >= 0.3 is 0 Å². The molecule has 0 aromatic heterocycles. The van der Waals surface area contributed by atoms with Gasteiger partial charge in [0, 0.05) is 13.1 Å². The van der Waals surface area contributed by atoms with E-state index in [4.69, 9.17) is 0 Å². The highest BCUT2D eigenvalue weighted by atomic mass is 16.2. The number of rotatable bonds is 0. The minimum atomic E-state index is -0.339. The molecule has 2 aliphatic heterocycles. The third-order valence-corrected chi connectivity index (χ3v) is 2.45. The highest BCUT2D eigenvalue weighted by Crippen LogP contribution is 2.10. The predicted molar refractivity (Wildman–Crippen MR) is 50.6 cm³/mol. The summed E-state index contributed by atoms with van der Waals surface area (Å²) in [6, 6.07) is 0. The number of aliphatic imine (C=N–C) groups is 1. The Hall–Kier alpha value is -1.39. The number of piperidine rings is 1. The zero-order valence-corrected chi connectivity index (χ0v) is 7.95. The molecule has 0 aromatic rings. The normalized spacial score (nSPS) is 23.1. The number of carbonyl (C=O) groups excluding carboxylic acids is 2. The van der Waals surface area contributed by atoms with Gasteiger partial charge in [-0.2, -0.15) is 4.99 Å². The maximum absolute atomic E-state index is 11.1. The van der Waals surface area contributed by atoms with Crippen molar-refractivity contribution >= 4 is 17.8 Å². The Bertz CT molecular complexity index is 292. The van der Waals surface area contributed by atoms with E-state index in [0.29, 0.717) is 5.96 Å². The van der Waals surface area contributed by atoms with Crippen LogP contribution < -0.4 is 5.32 Å². The summed E-state index contributed by atoms with van der Waals surface area (Å²) in [7, 11) is 0. The molecule has 2 rings (SSSR count). The fraction of sp³-hybridized carbons (Fsp3) is 0.667. The third kappa shape index (κ3) is 1.92. The van der Waals surface area contributed by atoms with Crippen molar-refractivity contribution in [2.45, 2.75) is 25.7 Å². The summed E-state index contributed by atoms with van der Waals surface area (Å²) in [4.78, 5) is 27.9. The molecule has 2 aliphatic rings. The first-order valence-corrected chi connectivity index (χ1v) is 4.92. The molecule has 1 saturated heterocycles. The fourth-order valence-electron chi connectivity index (χ4n) is 1.75. The molecule has 0 spiro atoms. The van der Waals surface area contributed by atoms with Gasteiger partial charge in [-0.15, -0.1) is 0 Å². The van der Waals surface area contributed by atoms with Crippen molar-refractivity contribution in [3.63, 3.8) is 0 Å². The smallest absolute Gasteiger partial charge is 0.258 e. The molecule has 0 bridgehead atoms. The van der Waals surface area contributed by atoms with Crippen molar-refractivity contribution < 1.29 is 9.59 Å². The number of hydrogen-bond donors (Lipinski definition) is 1. The van der Waals surface area contributed by atoms with Crippen molar-refractivity contribution in [3.05, 3.63) is 0 Å². The van der Waals surface area contributed by atoms with Gasteiger partial charge in [0.15, 0.2) is 0 Å². The number of amides is 2. The van der Waals surface area contributed by atoms with Crippen LogP contribution in [-0.2, 0) is 9.59 Å². The van der Waals surface area contributed by atoms with Crippen LogP contribution >= 0.6 is 0 Å².